The Labute approximate surface area is 114 Å². The third-order valence-corrected chi connectivity index (χ3v) is 4.19. The summed E-state index contributed by atoms with van der Waals surface area (Å²) in [6.07, 6.45) is 9.50. The Kier molecular flexibility index (Phi) is 3.60. The highest BCUT2D eigenvalue weighted by Gasteiger charge is 2.23. The predicted octanol–water partition coefficient (Wildman–Crippen LogP) is 4.49. The molecule has 0 spiro atoms. The number of ether oxygens (including phenoxy) is 1. The molecule has 1 aliphatic carbocycles. The van der Waals surface area contributed by atoms with Gasteiger partial charge >= 0.3 is 0 Å². The molecule has 1 aliphatic heterocycles. The average Bonchev–Trinajstić information content (AvgIpc) is 2.65. The minimum absolute atomic E-state index is 0.228. The van der Waals surface area contributed by atoms with Gasteiger partial charge in [-0.1, -0.05) is 36.3 Å². The van der Waals surface area contributed by atoms with Gasteiger partial charge in [0.1, 0.15) is 11.9 Å². The molecule has 0 saturated carbocycles. The maximum Gasteiger partial charge on any atom is 0.123 e. The van der Waals surface area contributed by atoms with Crippen LogP contribution in [0.3, 0.4) is 0 Å². The first-order valence-corrected chi connectivity index (χ1v) is 7.33. The molecule has 1 aromatic rings. The highest BCUT2D eigenvalue weighted by atomic mass is 35.5. The lowest BCUT2D eigenvalue weighted by molar-refractivity contribution is 0.231. The van der Waals surface area contributed by atoms with Gasteiger partial charge in [-0.15, -0.1) is 11.6 Å². The van der Waals surface area contributed by atoms with Crippen molar-refractivity contribution in [1.82, 2.24) is 0 Å². The van der Waals surface area contributed by atoms with Crippen LogP contribution < -0.4 is 4.74 Å². The van der Waals surface area contributed by atoms with Gasteiger partial charge in [0.15, 0.2) is 0 Å². The number of alkyl halides is 1. The summed E-state index contributed by atoms with van der Waals surface area (Å²) in [6, 6.07) is 8.37. The number of fused-ring (bicyclic) bond motifs is 1. The van der Waals surface area contributed by atoms with E-state index in [2.05, 4.69) is 24.3 Å². The topological polar surface area (TPSA) is 9.23 Å². The van der Waals surface area contributed by atoms with Crippen LogP contribution in [-0.2, 0) is 6.42 Å². The van der Waals surface area contributed by atoms with E-state index in [1.807, 2.05) is 6.07 Å². The minimum atomic E-state index is 0.228. The molecule has 2 heteroatoms. The van der Waals surface area contributed by atoms with Crippen LogP contribution in [0.4, 0.5) is 0 Å². The molecule has 2 atom stereocenters. The Balaban J connectivity index is 1.65. The van der Waals surface area contributed by atoms with Gasteiger partial charge in [-0.2, -0.15) is 0 Å². The number of halogens is 1. The van der Waals surface area contributed by atoms with E-state index >= 15 is 0 Å². The second-order valence-electron chi connectivity index (χ2n) is 5.34. The predicted molar refractivity (Wildman–Crippen MR) is 75.4 cm³/mol. The van der Waals surface area contributed by atoms with Gasteiger partial charge < -0.3 is 4.74 Å². The number of para-hydroxylation sites is 1. The molecule has 1 aromatic carbocycles. The summed E-state index contributed by atoms with van der Waals surface area (Å²) in [7, 11) is 0. The Bertz CT molecular complexity index is 427. The van der Waals surface area contributed by atoms with Crippen LogP contribution >= 0.6 is 11.6 Å². The number of hydrogen-bond acceptors (Lipinski definition) is 1. The molecular formula is C16H19ClO. The molecule has 2 aliphatic rings. The fourth-order valence-corrected chi connectivity index (χ4v) is 3.28. The van der Waals surface area contributed by atoms with Gasteiger partial charge in [0.2, 0.25) is 0 Å². The van der Waals surface area contributed by atoms with Crippen molar-refractivity contribution >= 4 is 11.6 Å². The van der Waals surface area contributed by atoms with Crippen molar-refractivity contribution in [2.24, 2.45) is 0 Å². The average molecular weight is 263 g/mol. The molecule has 0 N–H and O–H groups in total. The zero-order valence-corrected chi connectivity index (χ0v) is 11.3. The van der Waals surface area contributed by atoms with Gasteiger partial charge in [-0.25, -0.2) is 0 Å². The molecule has 18 heavy (non-hydrogen) atoms. The van der Waals surface area contributed by atoms with Crippen LogP contribution in [0.5, 0.6) is 5.75 Å². The lowest BCUT2D eigenvalue weighted by atomic mass is 10.0. The van der Waals surface area contributed by atoms with Crippen molar-refractivity contribution in [3.63, 3.8) is 0 Å². The van der Waals surface area contributed by atoms with E-state index in [0.717, 1.165) is 25.0 Å². The van der Waals surface area contributed by atoms with Crippen molar-refractivity contribution in [1.29, 1.82) is 0 Å². The summed E-state index contributed by atoms with van der Waals surface area (Å²) in [5.41, 5.74) is 2.84. The zero-order valence-electron chi connectivity index (χ0n) is 10.6. The van der Waals surface area contributed by atoms with Crippen LogP contribution in [0, 0.1) is 0 Å². The lowest BCUT2D eigenvalue weighted by Crippen LogP contribution is -2.14. The van der Waals surface area contributed by atoms with Gasteiger partial charge in [0.25, 0.3) is 0 Å². The standard InChI is InChI=1S/C16H19ClO/c17-14-7-3-1-5-12(9-14)10-15-11-13-6-2-4-8-16(13)18-15/h2,4,6,8-9,14-15H,1,3,5,7,10-11H2. The van der Waals surface area contributed by atoms with Gasteiger partial charge in [-0.3, -0.25) is 0 Å². The van der Waals surface area contributed by atoms with E-state index in [9.17, 15) is 0 Å². The fourth-order valence-electron chi connectivity index (χ4n) is 2.94. The first kappa shape index (κ1) is 12.1. The second kappa shape index (κ2) is 5.36. The molecule has 1 heterocycles. The molecule has 3 rings (SSSR count). The molecule has 0 amide bonds. The number of allylic oxidation sites excluding steroid dienone is 1. The molecular weight excluding hydrogens is 244 g/mol. The fraction of sp³-hybridized carbons (Fsp3) is 0.500. The molecule has 1 nitrogen and oxygen atoms in total. The first-order chi connectivity index (χ1) is 8.81. The van der Waals surface area contributed by atoms with E-state index in [-0.39, 0.29) is 5.38 Å². The maximum atomic E-state index is 6.27. The summed E-state index contributed by atoms with van der Waals surface area (Å²) in [5.74, 6) is 1.07. The molecule has 0 radical (unpaired) electrons. The molecule has 2 unspecified atom stereocenters. The minimum Gasteiger partial charge on any atom is -0.489 e. The highest BCUT2D eigenvalue weighted by Crippen LogP contribution is 2.32. The molecule has 0 bridgehead atoms. The zero-order chi connectivity index (χ0) is 12.4. The third-order valence-electron chi connectivity index (χ3n) is 3.85. The summed E-state index contributed by atoms with van der Waals surface area (Å²) in [5, 5.41) is 0.228. The smallest absolute Gasteiger partial charge is 0.123 e. The summed E-state index contributed by atoms with van der Waals surface area (Å²) < 4.78 is 6.00. The Morgan fingerprint density at radius 3 is 3.00 bits per heavy atom. The van der Waals surface area contributed by atoms with Gasteiger partial charge in [0.05, 0.1) is 5.38 Å². The van der Waals surface area contributed by atoms with Crippen molar-refractivity contribution in [3.8, 4) is 5.75 Å². The van der Waals surface area contributed by atoms with Crippen LogP contribution in [0.2, 0.25) is 0 Å². The Hall–Kier alpha value is -0.950. The summed E-state index contributed by atoms with van der Waals surface area (Å²) in [6.45, 7) is 0. The lowest BCUT2D eigenvalue weighted by Gasteiger charge is -2.13. The molecule has 96 valence electrons. The molecule has 0 fully saturated rings. The SMILES string of the molecule is ClC1C=C(CC2Cc3ccccc3O2)CCCC1. The van der Waals surface area contributed by atoms with Gasteiger partial charge in [-0.05, 0) is 30.9 Å². The van der Waals surface area contributed by atoms with E-state index < -0.39 is 0 Å². The third kappa shape index (κ3) is 2.72. The summed E-state index contributed by atoms with van der Waals surface area (Å²) in [4.78, 5) is 0. The van der Waals surface area contributed by atoms with Crippen molar-refractivity contribution in [2.45, 2.75) is 50.0 Å². The Morgan fingerprint density at radius 1 is 1.22 bits per heavy atom. The highest BCUT2D eigenvalue weighted by molar-refractivity contribution is 6.21. The largest absolute Gasteiger partial charge is 0.489 e. The monoisotopic (exact) mass is 262 g/mol. The number of hydrogen-bond donors (Lipinski definition) is 0. The van der Waals surface area contributed by atoms with E-state index in [0.29, 0.717) is 6.10 Å². The second-order valence-corrected chi connectivity index (χ2v) is 5.90. The first-order valence-electron chi connectivity index (χ1n) is 6.89. The maximum absolute atomic E-state index is 6.27. The van der Waals surface area contributed by atoms with Crippen LogP contribution in [0.25, 0.3) is 0 Å². The van der Waals surface area contributed by atoms with E-state index in [4.69, 9.17) is 16.3 Å². The van der Waals surface area contributed by atoms with Crippen molar-refractivity contribution in [3.05, 3.63) is 41.5 Å². The van der Waals surface area contributed by atoms with Crippen molar-refractivity contribution < 1.29 is 4.74 Å². The summed E-state index contributed by atoms with van der Waals surface area (Å²) >= 11 is 6.27. The van der Waals surface area contributed by atoms with E-state index in [1.54, 1.807) is 0 Å². The van der Waals surface area contributed by atoms with E-state index in [1.165, 1.54) is 30.4 Å². The van der Waals surface area contributed by atoms with Gasteiger partial charge in [0, 0.05) is 12.8 Å². The Morgan fingerprint density at radius 2 is 2.11 bits per heavy atom. The number of benzene rings is 1. The number of rotatable bonds is 2. The van der Waals surface area contributed by atoms with Crippen LogP contribution in [0.1, 0.15) is 37.7 Å². The van der Waals surface area contributed by atoms with Crippen LogP contribution in [0.15, 0.2) is 35.9 Å². The normalized spacial score (nSPS) is 27.1. The van der Waals surface area contributed by atoms with Crippen molar-refractivity contribution in [2.75, 3.05) is 0 Å². The molecule has 0 aromatic heterocycles. The van der Waals surface area contributed by atoms with Crippen LogP contribution in [-0.4, -0.2) is 11.5 Å². The quantitative estimate of drug-likeness (QED) is 0.564. The molecule has 0 saturated heterocycles.